The second kappa shape index (κ2) is 16.6. The van der Waals surface area contributed by atoms with Crippen LogP contribution in [0.3, 0.4) is 0 Å². The average Bonchev–Trinajstić information content (AvgIpc) is 3.43. The second-order valence-electron chi connectivity index (χ2n) is 12.7. The van der Waals surface area contributed by atoms with Crippen LogP contribution in [0, 0.1) is 11.8 Å². The van der Waals surface area contributed by atoms with Gasteiger partial charge in [-0.1, -0.05) is 6.07 Å². The Hall–Kier alpha value is -4.48. The molecular weight excluding hydrogens is 606 g/mol. The van der Waals surface area contributed by atoms with Crippen molar-refractivity contribution in [2.45, 2.75) is 52.5 Å². The van der Waals surface area contributed by atoms with Crippen LogP contribution in [0.4, 0.5) is 22.7 Å². The van der Waals surface area contributed by atoms with Gasteiger partial charge >= 0.3 is 0 Å². The van der Waals surface area contributed by atoms with E-state index < -0.39 is 0 Å². The normalized spacial score (nSPS) is 15.4. The summed E-state index contributed by atoms with van der Waals surface area (Å²) < 4.78 is 13.2. The molecule has 0 saturated carbocycles. The van der Waals surface area contributed by atoms with E-state index in [1.807, 2.05) is 54.7 Å². The van der Waals surface area contributed by atoms with Gasteiger partial charge in [-0.25, -0.2) is 4.98 Å². The monoisotopic (exact) mass is 655 g/mol. The molecule has 2 saturated heterocycles. The van der Waals surface area contributed by atoms with E-state index in [2.05, 4.69) is 20.9 Å². The van der Waals surface area contributed by atoms with E-state index in [1.165, 1.54) is 6.92 Å². The van der Waals surface area contributed by atoms with Gasteiger partial charge in [0, 0.05) is 97.1 Å². The number of nitrogens with two attached hydrogens (primary N) is 1. The zero-order valence-electron chi connectivity index (χ0n) is 28.7. The Kier molecular flexibility index (Phi) is 12.0. The molecule has 48 heavy (non-hydrogen) atoms. The van der Waals surface area contributed by atoms with Crippen LogP contribution in [-0.2, 0) is 32.0 Å². The lowest BCUT2D eigenvalue weighted by molar-refractivity contribution is -0.117. The molecule has 2 aliphatic rings. The summed E-state index contributed by atoms with van der Waals surface area (Å²) in [7, 11) is 3.53. The van der Waals surface area contributed by atoms with E-state index in [0.29, 0.717) is 23.9 Å². The van der Waals surface area contributed by atoms with Crippen LogP contribution < -0.4 is 20.9 Å². The van der Waals surface area contributed by atoms with Gasteiger partial charge < -0.3 is 34.9 Å². The Morgan fingerprint density at radius 1 is 0.875 bits per heavy atom. The van der Waals surface area contributed by atoms with Gasteiger partial charge in [0.25, 0.3) is 0 Å². The molecule has 4 aromatic rings. The Labute approximate surface area is 283 Å². The predicted octanol–water partition coefficient (Wildman–Crippen LogP) is 5.52. The number of amides is 2. The number of carbonyl (C=O) groups is 2. The molecule has 11 nitrogen and oxygen atoms in total. The molecule has 6 rings (SSSR count). The number of imidazole rings is 1. The zero-order chi connectivity index (χ0) is 34.0. The van der Waals surface area contributed by atoms with Crippen LogP contribution in [0.2, 0.25) is 0 Å². The van der Waals surface area contributed by atoms with Crippen LogP contribution in [0.25, 0.3) is 11.0 Å². The molecule has 2 aromatic heterocycles. The highest BCUT2D eigenvalue weighted by Crippen LogP contribution is 2.28. The van der Waals surface area contributed by atoms with Gasteiger partial charge in [-0.05, 0) is 86.1 Å². The van der Waals surface area contributed by atoms with Crippen molar-refractivity contribution in [3.8, 4) is 0 Å². The Morgan fingerprint density at radius 3 is 2.10 bits per heavy atom. The van der Waals surface area contributed by atoms with E-state index in [0.717, 1.165) is 105 Å². The first-order chi connectivity index (χ1) is 23.2. The van der Waals surface area contributed by atoms with E-state index in [9.17, 15) is 9.59 Å². The van der Waals surface area contributed by atoms with Gasteiger partial charge in [-0.2, -0.15) is 0 Å². The zero-order valence-corrected chi connectivity index (χ0v) is 28.7. The summed E-state index contributed by atoms with van der Waals surface area (Å²) in [6.45, 7) is 8.32. The van der Waals surface area contributed by atoms with Gasteiger partial charge in [0.05, 0.1) is 22.4 Å². The third-order valence-corrected chi connectivity index (χ3v) is 9.33. The molecule has 0 bridgehead atoms. The second-order valence-corrected chi connectivity index (χ2v) is 12.7. The third-order valence-electron chi connectivity index (χ3n) is 9.33. The van der Waals surface area contributed by atoms with E-state index in [4.69, 9.17) is 20.2 Å². The fourth-order valence-electron chi connectivity index (χ4n) is 6.06. The molecule has 4 heterocycles. The topological polar surface area (TPSA) is 128 Å². The first-order valence-corrected chi connectivity index (χ1v) is 16.9. The molecule has 0 spiro atoms. The molecule has 0 atom stereocenters. The molecule has 0 aliphatic carbocycles. The van der Waals surface area contributed by atoms with Crippen LogP contribution in [0.5, 0.6) is 0 Å². The number of fused-ring (bicyclic) bond motifs is 1. The van der Waals surface area contributed by atoms with Gasteiger partial charge in [0.2, 0.25) is 11.8 Å². The lowest BCUT2D eigenvalue weighted by atomic mass is 10.00. The Bertz CT molecular complexity index is 1660. The summed E-state index contributed by atoms with van der Waals surface area (Å²) >= 11 is 0. The highest BCUT2D eigenvalue weighted by molar-refractivity contribution is 5.93. The molecule has 0 radical (unpaired) electrons. The van der Waals surface area contributed by atoms with Crippen molar-refractivity contribution in [3.63, 3.8) is 0 Å². The first kappa shape index (κ1) is 34.8. The molecule has 2 amide bonds. The number of nitrogens with one attached hydrogen (secondary N) is 1. The number of hydrogen-bond acceptors (Lipinski definition) is 8. The van der Waals surface area contributed by atoms with Gasteiger partial charge in [0.15, 0.2) is 0 Å². The van der Waals surface area contributed by atoms with E-state index in [1.54, 1.807) is 30.8 Å². The van der Waals surface area contributed by atoms with Crippen molar-refractivity contribution in [2.75, 3.05) is 67.9 Å². The van der Waals surface area contributed by atoms with Crippen LogP contribution in [0.15, 0.2) is 60.8 Å². The lowest BCUT2D eigenvalue weighted by Crippen LogP contribution is -2.24. The van der Waals surface area contributed by atoms with Crippen molar-refractivity contribution < 1.29 is 19.1 Å². The van der Waals surface area contributed by atoms with Crippen molar-refractivity contribution in [1.29, 1.82) is 0 Å². The highest BCUT2D eigenvalue weighted by Gasteiger charge is 2.20. The Balaban J connectivity index is 0.000000199. The highest BCUT2D eigenvalue weighted by atomic mass is 16.5. The summed E-state index contributed by atoms with van der Waals surface area (Å²) in [6.07, 6.45) is 6.86. The van der Waals surface area contributed by atoms with Gasteiger partial charge in [-0.15, -0.1) is 0 Å². The quantitative estimate of drug-likeness (QED) is 0.226. The number of nitrogens with zero attached hydrogens (tertiary/aromatic N) is 5. The standard InChI is InChI=1S/C22H26N4O2.C15H23N3O2/c1-16(27)25(2)19-6-7-21-20(14-19)24-22(13-18-5-3-4-10-23-18)26(21)15-17-8-11-28-12-9-17;1-11(19)18(2)13-3-4-15(14(16)9-13)17-10-12-5-7-20-8-6-12/h3-7,10,14,17H,8-9,11-13,15H2,1-2H3;3-4,9,12,17H,5-8,10,16H2,1-2H3. The summed E-state index contributed by atoms with van der Waals surface area (Å²) in [5, 5.41) is 3.39. The van der Waals surface area contributed by atoms with Gasteiger partial charge in [0.1, 0.15) is 5.82 Å². The number of pyridine rings is 1. The number of nitrogen functional groups attached to an aromatic ring is 1. The van der Waals surface area contributed by atoms with Crippen molar-refractivity contribution in [2.24, 2.45) is 11.8 Å². The lowest BCUT2D eigenvalue weighted by Gasteiger charge is -2.23. The molecule has 2 aliphatic heterocycles. The number of rotatable bonds is 9. The van der Waals surface area contributed by atoms with Crippen molar-refractivity contribution >= 4 is 45.6 Å². The molecule has 2 aromatic carbocycles. The molecular formula is C37H49N7O4. The van der Waals surface area contributed by atoms with E-state index in [-0.39, 0.29) is 11.8 Å². The minimum Gasteiger partial charge on any atom is -0.397 e. The Morgan fingerprint density at radius 2 is 1.50 bits per heavy atom. The number of hydrogen-bond donors (Lipinski definition) is 2. The fraction of sp³-hybridized carbons (Fsp3) is 0.459. The molecule has 3 N–H and O–H groups in total. The van der Waals surface area contributed by atoms with Crippen molar-refractivity contribution in [3.05, 3.63) is 72.3 Å². The third kappa shape index (κ3) is 9.11. The van der Waals surface area contributed by atoms with E-state index >= 15 is 0 Å². The maximum absolute atomic E-state index is 11.7. The maximum atomic E-state index is 11.7. The number of benzene rings is 2. The number of anilines is 4. The predicted molar refractivity (Wildman–Crippen MR) is 191 cm³/mol. The number of carbonyl (C=O) groups excluding carboxylic acids is 2. The summed E-state index contributed by atoms with van der Waals surface area (Å²) in [6, 6.07) is 17.7. The smallest absolute Gasteiger partial charge is 0.223 e. The van der Waals surface area contributed by atoms with Gasteiger partial charge in [-0.3, -0.25) is 14.6 Å². The molecule has 0 unspecified atom stereocenters. The number of aromatic nitrogens is 3. The fourth-order valence-corrected chi connectivity index (χ4v) is 6.06. The largest absolute Gasteiger partial charge is 0.397 e. The minimum absolute atomic E-state index is 0.00712. The summed E-state index contributed by atoms with van der Waals surface area (Å²) in [5.74, 6) is 2.25. The average molecular weight is 656 g/mol. The minimum atomic E-state index is -0.00712. The van der Waals surface area contributed by atoms with Crippen LogP contribution in [-0.4, -0.2) is 73.4 Å². The summed E-state index contributed by atoms with van der Waals surface area (Å²) in [4.78, 5) is 35.7. The first-order valence-electron chi connectivity index (χ1n) is 16.9. The van der Waals surface area contributed by atoms with Crippen molar-refractivity contribution in [1.82, 2.24) is 14.5 Å². The molecule has 256 valence electrons. The van der Waals surface area contributed by atoms with Crippen LogP contribution in [0.1, 0.15) is 51.0 Å². The maximum Gasteiger partial charge on any atom is 0.223 e. The van der Waals surface area contributed by atoms with Crippen LogP contribution >= 0.6 is 0 Å². The SMILES string of the molecule is CC(=O)N(C)c1ccc(NCC2CCOCC2)c(N)c1.CC(=O)N(C)c1ccc2c(c1)nc(Cc1ccccn1)n2CC1CCOCC1. The number of ether oxygens (including phenoxy) is 2. The summed E-state index contributed by atoms with van der Waals surface area (Å²) in [5.41, 5.74) is 12.4. The molecule has 11 heteroatoms. The molecule has 2 fully saturated rings.